The zero-order chi connectivity index (χ0) is 21.9. The lowest BCUT2D eigenvalue weighted by molar-refractivity contribution is 0.0501. The number of nitrogens with one attached hydrogen (secondary N) is 1. The lowest BCUT2D eigenvalue weighted by Crippen LogP contribution is -2.48. The fraction of sp³-hybridized carbons (Fsp3) is 0.667. The van der Waals surface area contributed by atoms with Gasteiger partial charge >= 0.3 is 18.2 Å². The van der Waals surface area contributed by atoms with E-state index in [0.29, 0.717) is 5.69 Å². The third-order valence-electron chi connectivity index (χ3n) is 3.16. The fourth-order valence-electron chi connectivity index (χ4n) is 2.08. The maximum Gasteiger partial charge on any atom is 0.416 e. The molecular weight excluding hydrogens is 386 g/mol. The molecule has 1 atom stereocenters. The zero-order valence-electron chi connectivity index (χ0n) is 17.6. The number of amides is 2. The van der Waals surface area contributed by atoms with Crippen LogP contribution < -0.4 is 10.2 Å². The van der Waals surface area contributed by atoms with E-state index in [1.54, 1.807) is 55.4 Å². The first-order chi connectivity index (χ1) is 12.6. The van der Waals surface area contributed by atoms with Crippen LogP contribution in [0.2, 0.25) is 0 Å². The van der Waals surface area contributed by atoms with Crippen LogP contribution >= 0.6 is 11.3 Å². The van der Waals surface area contributed by atoms with Gasteiger partial charge in [0, 0.05) is 6.54 Å². The van der Waals surface area contributed by atoms with E-state index >= 15 is 0 Å². The highest BCUT2D eigenvalue weighted by atomic mass is 32.1. The monoisotopic (exact) mass is 415 g/mol. The second kappa shape index (κ2) is 8.76. The largest absolute Gasteiger partial charge is 0.477 e. The summed E-state index contributed by atoms with van der Waals surface area (Å²) in [5.74, 6) is -1.12. The van der Waals surface area contributed by atoms with E-state index < -0.39 is 35.4 Å². The van der Waals surface area contributed by atoms with Crippen LogP contribution in [0.25, 0.3) is 0 Å². The highest BCUT2D eigenvalue weighted by Gasteiger charge is 2.31. The Labute approximate surface area is 169 Å². The molecule has 2 N–H and O–H groups in total. The lowest BCUT2D eigenvalue weighted by Gasteiger charge is -2.30. The third kappa shape index (κ3) is 7.34. The van der Waals surface area contributed by atoms with Crippen molar-refractivity contribution in [3.05, 3.63) is 10.6 Å². The van der Waals surface area contributed by atoms with Crippen molar-refractivity contribution in [2.75, 3.05) is 11.4 Å². The number of rotatable bonds is 5. The van der Waals surface area contributed by atoms with Gasteiger partial charge < -0.3 is 19.9 Å². The molecule has 0 bridgehead atoms. The number of nitrogens with zero attached hydrogens (tertiary/aromatic N) is 2. The van der Waals surface area contributed by atoms with E-state index in [1.165, 1.54) is 4.90 Å². The molecule has 9 nitrogen and oxygen atoms in total. The van der Waals surface area contributed by atoms with Gasteiger partial charge in [-0.1, -0.05) is 11.3 Å². The van der Waals surface area contributed by atoms with Gasteiger partial charge in [0.15, 0.2) is 5.13 Å². The molecule has 2 amide bonds. The highest BCUT2D eigenvalue weighted by Crippen LogP contribution is 2.29. The van der Waals surface area contributed by atoms with Crippen LogP contribution in [0.4, 0.5) is 14.7 Å². The number of carboxylic acid groups (broad SMARTS) is 1. The van der Waals surface area contributed by atoms with Gasteiger partial charge in [0.2, 0.25) is 0 Å². The fourth-order valence-corrected chi connectivity index (χ4v) is 3.08. The Bertz CT molecular complexity index is 733. The molecule has 158 valence electrons. The number of alkyl carbamates (subject to hydrolysis) is 1. The van der Waals surface area contributed by atoms with Crippen LogP contribution in [0.15, 0.2) is 0 Å². The molecule has 0 spiro atoms. The molecule has 0 aliphatic rings. The average molecular weight is 416 g/mol. The minimum absolute atomic E-state index is 0.0378. The number of hydrogen-bond acceptors (Lipinski definition) is 7. The third-order valence-corrected chi connectivity index (χ3v) is 4.30. The van der Waals surface area contributed by atoms with Gasteiger partial charge in [0.1, 0.15) is 16.1 Å². The van der Waals surface area contributed by atoms with E-state index in [-0.39, 0.29) is 16.6 Å². The van der Waals surface area contributed by atoms with Crippen LogP contribution in [0.1, 0.15) is 63.8 Å². The van der Waals surface area contributed by atoms with Crippen LogP contribution in [0.3, 0.4) is 0 Å². The van der Waals surface area contributed by atoms with E-state index in [4.69, 9.17) is 9.47 Å². The molecule has 0 aliphatic carbocycles. The summed E-state index contributed by atoms with van der Waals surface area (Å²) in [6.07, 6.45) is -1.30. The molecule has 0 fully saturated rings. The molecule has 1 rings (SSSR count). The summed E-state index contributed by atoms with van der Waals surface area (Å²) in [6.45, 7) is 13.7. The summed E-state index contributed by atoms with van der Waals surface area (Å²) < 4.78 is 10.6. The number of aromatic nitrogens is 1. The number of aromatic carboxylic acids is 1. The van der Waals surface area contributed by atoms with Crippen LogP contribution in [-0.2, 0) is 9.47 Å². The lowest BCUT2D eigenvalue weighted by atomic mass is 10.2. The van der Waals surface area contributed by atoms with Gasteiger partial charge in [-0.25, -0.2) is 24.3 Å². The summed E-state index contributed by atoms with van der Waals surface area (Å²) in [6, 6.07) is -0.561. The van der Waals surface area contributed by atoms with Crippen LogP contribution in [0.5, 0.6) is 0 Å². The van der Waals surface area contributed by atoms with Crippen molar-refractivity contribution in [3.8, 4) is 0 Å². The van der Waals surface area contributed by atoms with Gasteiger partial charge in [-0.2, -0.15) is 0 Å². The quantitative estimate of drug-likeness (QED) is 0.751. The average Bonchev–Trinajstić information content (AvgIpc) is 2.83. The molecule has 10 heteroatoms. The number of hydrogen-bond donors (Lipinski definition) is 2. The number of carboxylic acids is 1. The number of ether oxygens (including phenoxy) is 2. The molecule has 0 aromatic carbocycles. The van der Waals surface area contributed by atoms with Gasteiger partial charge in [0.05, 0.1) is 11.7 Å². The Morgan fingerprint density at radius 1 is 1.14 bits per heavy atom. The minimum Gasteiger partial charge on any atom is -0.477 e. The van der Waals surface area contributed by atoms with Crippen molar-refractivity contribution in [2.24, 2.45) is 0 Å². The topological polar surface area (TPSA) is 118 Å². The van der Waals surface area contributed by atoms with E-state index in [9.17, 15) is 19.5 Å². The van der Waals surface area contributed by atoms with E-state index in [2.05, 4.69) is 10.3 Å². The van der Waals surface area contributed by atoms with E-state index in [0.717, 1.165) is 11.3 Å². The Morgan fingerprint density at radius 3 is 2.11 bits per heavy atom. The Morgan fingerprint density at radius 2 is 1.68 bits per heavy atom. The maximum atomic E-state index is 12.7. The molecule has 1 unspecified atom stereocenters. The summed E-state index contributed by atoms with van der Waals surface area (Å²) >= 11 is 0.873. The molecule has 1 heterocycles. The Balaban J connectivity index is 3.07. The number of thiazole rings is 1. The number of carbonyl (C=O) groups is 3. The van der Waals surface area contributed by atoms with Crippen molar-refractivity contribution in [1.82, 2.24) is 10.3 Å². The summed E-state index contributed by atoms with van der Waals surface area (Å²) in [7, 11) is 0. The predicted octanol–water partition coefficient (Wildman–Crippen LogP) is 3.80. The smallest absolute Gasteiger partial charge is 0.416 e. The Hall–Kier alpha value is -2.36. The molecule has 0 radical (unpaired) electrons. The first-order valence-electron chi connectivity index (χ1n) is 8.80. The number of carbonyl (C=O) groups excluding carboxylic acids is 2. The Kier molecular flexibility index (Phi) is 7.41. The van der Waals surface area contributed by atoms with Gasteiger partial charge in [-0.05, 0) is 55.4 Å². The summed E-state index contributed by atoms with van der Waals surface area (Å²) in [5, 5.41) is 12.1. The SMILES string of the molecule is Cc1nc(N(C(=O)OC(C)(C)C)C(C)CNC(=O)OC(C)(C)C)sc1C(=O)O. The van der Waals surface area contributed by atoms with Crippen molar-refractivity contribution < 1.29 is 29.0 Å². The molecular formula is C18H29N3O6S. The number of aryl methyl sites for hydroxylation is 1. The first kappa shape index (κ1) is 23.7. The molecule has 1 aromatic heterocycles. The van der Waals surface area contributed by atoms with Crippen molar-refractivity contribution in [3.63, 3.8) is 0 Å². The summed E-state index contributed by atoms with van der Waals surface area (Å²) in [5.41, 5.74) is -1.11. The standard InChI is InChI=1S/C18H29N3O6S/c1-10(9-19-15(24)26-17(3,4)5)21(16(25)27-18(6,7)8)14-20-11(2)12(28-14)13(22)23/h10H,9H2,1-8H3,(H,19,24)(H,22,23). The molecule has 1 aromatic rings. The van der Waals surface area contributed by atoms with Crippen molar-refractivity contribution in [1.29, 1.82) is 0 Å². The summed E-state index contributed by atoms with van der Waals surface area (Å²) in [4.78, 5) is 41.5. The second-order valence-electron chi connectivity index (χ2n) is 8.30. The highest BCUT2D eigenvalue weighted by molar-refractivity contribution is 7.17. The van der Waals surface area contributed by atoms with Gasteiger partial charge in [-0.3, -0.25) is 0 Å². The molecule has 0 aliphatic heterocycles. The molecule has 28 heavy (non-hydrogen) atoms. The van der Waals surface area contributed by atoms with Crippen molar-refractivity contribution in [2.45, 2.75) is 72.6 Å². The van der Waals surface area contributed by atoms with Crippen LogP contribution in [-0.4, -0.2) is 52.0 Å². The van der Waals surface area contributed by atoms with Crippen LogP contribution in [0, 0.1) is 6.92 Å². The zero-order valence-corrected chi connectivity index (χ0v) is 18.4. The number of anilines is 1. The van der Waals surface area contributed by atoms with Gasteiger partial charge in [-0.15, -0.1) is 0 Å². The normalized spacial score (nSPS) is 12.9. The second-order valence-corrected chi connectivity index (χ2v) is 9.28. The maximum absolute atomic E-state index is 12.7. The first-order valence-corrected chi connectivity index (χ1v) is 9.62. The minimum atomic E-state index is -1.12. The van der Waals surface area contributed by atoms with Crippen molar-refractivity contribution >= 4 is 34.6 Å². The molecule has 0 saturated carbocycles. The van der Waals surface area contributed by atoms with Gasteiger partial charge in [0.25, 0.3) is 0 Å². The predicted molar refractivity (Wildman–Crippen MR) is 106 cm³/mol. The van der Waals surface area contributed by atoms with E-state index in [1.807, 2.05) is 0 Å². The molecule has 0 saturated heterocycles.